The minimum atomic E-state index is -0.789. The summed E-state index contributed by atoms with van der Waals surface area (Å²) in [6.07, 6.45) is 1.37. The van der Waals surface area contributed by atoms with Crippen molar-refractivity contribution in [3.05, 3.63) is 22.2 Å². The van der Waals surface area contributed by atoms with Crippen LogP contribution in [0.25, 0.3) is 0 Å². The molecule has 1 aromatic carbocycles. The van der Waals surface area contributed by atoms with Gasteiger partial charge in [-0.3, -0.25) is 4.79 Å². The second-order valence-electron chi connectivity index (χ2n) is 4.90. The van der Waals surface area contributed by atoms with Gasteiger partial charge in [-0.1, -0.05) is 25.4 Å². The number of carboxylic acid groups (broad SMARTS) is 1. The van der Waals surface area contributed by atoms with Gasteiger partial charge in [-0.2, -0.15) is 0 Å². The Morgan fingerprint density at radius 2 is 1.90 bits per heavy atom. The molecule has 0 amide bonds. The lowest BCUT2D eigenvalue weighted by Gasteiger charge is -2.20. The molecule has 5 heteroatoms. The number of carbonyl (C=O) groups is 1. The molecule has 0 spiro atoms. The molecule has 0 fully saturated rings. The predicted octanol–water partition coefficient (Wildman–Crippen LogP) is 3.89. The molecule has 0 aliphatic rings. The highest BCUT2D eigenvalue weighted by Crippen LogP contribution is 2.43. The largest absolute Gasteiger partial charge is 0.492 e. The van der Waals surface area contributed by atoms with E-state index in [2.05, 4.69) is 13.8 Å². The minimum Gasteiger partial charge on any atom is -0.492 e. The molecular weight excluding hydrogens is 280 g/mol. The molecule has 0 unspecified atom stereocenters. The van der Waals surface area contributed by atoms with Gasteiger partial charge in [0.05, 0.1) is 19.2 Å². The third-order valence-corrected chi connectivity index (χ3v) is 3.42. The molecule has 0 aromatic heterocycles. The zero-order valence-electron chi connectivity index (χ0n) is 12.3. The first-order valence-corrected chi connectivity index (χ1v) is 6.95. The summed E-state index contributed by atoms with van der Waals surface area (Å²) in [5.41, 5.74) is 2.04. The topological polar surface area (TPSA) is 55.8 Å². The molecule has 1 N–H and O–H groups in total. The van der Waals surface area contributed by atoms with Crippen LogP contribution in [-0.2, 0) is 11.2 Å². The summed E-state index contributed by atoms with van der Waals surface area (Å²) >= 11 is 6.21. The first kappa shape index (κ1) is 16.6. The molecule has 0 bridgehead atoms. The molecule has 0 atom stereocenters. The van der Waals surface area contributed by atoms with Gasteiger partial charge in [0, 0.05) is 12.0 Å². The highest BCUT2D eigenvalue weighted by molar-refractivity contribution is 6.32. The fourth-order valence-electron chi connectivity index (χ4n) is 2.34. The molecule has 0 saturated heterocycles. The van der Waals surface area contributed by atoms with Crippen molar-refractivity contribution in [3.63, 3.8) is 0 Å². The number of ether oxygens (including phenoxy) is 2. The number of rotatable bonds is 7. The van der Waals surface area contributed by atoms with E-state index in [-0.39, 0.29) is 12.3 Å². The zero-order valence-corrected chi connectivity index (χ0v) is 13.1. The van der Waals surface area contributed by atoms with E-state index in [1.54, 1.807) is 14.2 Å². The van der Waals surface area contributed by atoms with Gasteiger partial charge in [-0.05, 0) is 30.4 Å². The molecule has 0 aliphatic heterocycles. The van der Waals surface area contributed by atoms with Crippen molar-refractivity contribution in [2.75, 3.05) is 14.2 Å². The van der Waals surface area contributed by atoms with Crippen molar-refractivity contribution in [1.82, 2.24) is 0 Å². The van der Waals surface area contributed by atoms with Gasteiger partial charge in [-0.15, -0.1) is 0 Å². The molecule has 1 rings (SSSR count). The van der Waals surface area contributed by atoms with Crippen molar-refractivity contribution in [1.29, 1.82) is 0 Å². The number of methoxy groups -OCH3 is 2. The van der Waals surface area contributed by atoms with Gasteiger partial charge in [0.25, 0.3) is 0 Å². The molecule has 0 radical (unpaired) electrons. The third-order valence-electron chi connectivity index (χ3n) is 3.14. The Balaban J connectivity index is 3.21. The Morgan fingerprint density at radius 3 is 2.35 bits per heavy atom. The van der Waals surface area contributed by atoms with Crippen LogP contribution in [0.15, 0.2) is 6.07 Å². The Hall–Kier alpha value is -1.42. The first-order chi connectivity index (χ1) is 9.42. The Morgan fingerprint density at radius 1 is 1.30 bits per heavy atom. The average molecular weight is 301 g/mol. The molecule has 20 heavy (non-hydrogen) atoms. The minimum absolute atomic E-state index is 0.142. The Kier molecular flexibility index (Phi) is 6.14. The van der Waals surface area contributed by atoms with Crippen molar-refractivity contribution in [2.24, 2.45) is 0 Å². The summed E-state index contributed by atoms with van der Waals surface area (Å²) < 4.78 is 10.8. The van der Waals surface area contributed by atoms with Crippen molar-refractivity contribution in [2.45, 2.75) is 39.0 Å². The van der Waals surface area contributed by atoms with E-state index in [1.807, 2.05) is 6.07 Å². The maximum atomic E-state index is 10.6. The van der Waals surface area contributed by atoms with Gasteiger partial charge in [0.2, 0.25) is 0 Å². The van der Waals surface area contributed by atoms with Crippen molar-refractivity contribution < 1.29 is 19.4 Å². The monoisotopic (exact) mass is 300 g/mol. The van der Waals surface area contributed by atoms with Gasteiger partial charge < -0.3 is 14.6 Å². The molecule has 4 nitrogen and oxygen atoms in total. The van der Waals surface area contributed by atoms with Crippen LogP contribution in [0, 0.1) is 0 Å². The Labute approximate surface area is 124 Å². The SMILES string of the molecule is COc1c(Cl)cc(CCCC(=O)O)c(C(C)C)c1OC. The van der Waals surface area contributed by atoms with E-state index in [1.165, 1.54) is 0 Å². The predicted molar refractivity (Wildman–Crippen MR) is 79.2 cm³/mol. The number of halogens is 1. The van der Waals surface area contributed by atoms with E-state index in [0.717, 1.165) is 11.1 Å². The van der Waals surface area contributed by atoms with Gasteiger partial charge in [0.15, 0.2) is 11.5 Å². The summed E-state index contributed by atoms with van der Waals surface area (Å²) in [5, 5.41) is 9.22. The van der Waals surface area contributed by atoms with Crippen LogP contribution in [0.3, 0.4) is 0 Å². The van der Waals surface area contributed by atoms with Crippen molar-refractivity contribution >= 4 is 17.6 Å². The van der Waals surface area contributed by atoms with Crippen LogP contribution in [0.2, 0.25) is 5.02 Å². The highest BCUT2D eigenvalue weighted by Gasteiger charge is 2.20. The molecule has 0 aliphatic carbocycles. The number of hydrogen-bond donors (Lipinski definition) is 1. The second kappa shape index (κ2) is 7.39. The number of hydrogen-bond acceptors (Lipinski definition) is 3. The molecule has 0 saturated carbocycles. The summed E-state index contributed by atoms with van der Waals surface area (Å²) in [6, 6.07) is 1.85. The lowest BCUT2D eigenvalue weighted by molar-refractivity contribution is -0.137. The van der Waals surface area contributed by atoms with Crippen LogP contribution in [0.1, 0.15) is 43.7 Å². The van der Waals surface area contributed by atoms with E-state index >= 15 is 0 Å². The lowest BCUT2D eigenvalue weighted by Crippen LogP contribution is -2.05. The fourth-order valence-corrected chi connectivity index (χ4v) is 2.63. The van der Waals surface area contributed by atoms with E-state index < -0.39 is 5.97 Å². The van der Waals surface area contributed by atoms with E-state index in [4.69, 9.17) is 26.2 Å². The maximum absolute atomic E-state index is 10.6. The van der Waals surface area contributed by atoms with Crippen molar-refractivity contribution in [3.8, 4) is 11.5 Å². The van der Waals surface area contributed by atoms with Crippen LogP contribution < -0.4 is 9.47 Å². The number of aryl methyl sites for hydroxylation is 1. The smallest absolute Gasteiger partial charge is 0.303 e. The third kappa shape index (κ3) is 3.79. The lowest BCUT2D eigenvalue weighted by atomic mass is 9.92. The second-order valence-corrected chi connectivity index (χ2v) is 5.31. The average Bonchev–Trinajstić information content (AvgIpc) is 2.36. The maximum Gasteiger partial charge on any atom is 0.303 e. The van der Waals surface area contributed by atoms with E-state index in [9.17, 15) is 4.79 Å². The molecular formula is C15H21ClO4. The first-order valence-electron chi connectivity index (χ1n) is 6.57. The Bertz CT molecular complexity index is 483. The zero-order chi connectivity index (χ0) is 15.3. The highest BCUT2D eigenvalue weighted by atomic mass is 35.5. The van der Waals surface area contributed by atoms with Gasteiger partial charge in [0.1, 0.15) is 0 Å². The van der Waals surface area contributed by atoms with Crippen LogP contribution >= 0.6 is 11.6 Å². The quantitative estimate of drug-likeness (QED) is 0.830. The van der Waals surface area contributed by atoms with Crippen LogP contribution in [0.5, 0.6) is 11.5 Å². The summed E-state index contributed by atoms with van der Waals surface area (Å²) in [4.78, 5) is 10.6. The normalized spacial score (nSPS) is 10.7. The van der Waals surface area contributed by atoms with Crippen LogP contribution in [0.4, 0.5) is 0 Å². The number of carboxylic acids is 1. The number of aliphatic carboxylic acids is 1. The molecule has 0 heterocycles. The molecule has 112 valence electrons. The van der Waals surface area contributed by atoms with Crippen LogP contribution in [-0.4, -0.2) is 25.3 Å². The summed E-state index contributed by atoms with van der Waals surface area (Å²) in [7, 11) is 3.14. The molecule has 1 aromatic rings. The summed E-state index contributed by atoms with van der Waals surface area (Å²) in [6.45, 7) is 4.12. The fraction of sp³-hybridized carbons (Fsp3) is 0.533. The van der Waals surface area contributed by atoms with Gasteiger partial charge in [-0.25, -0.2) is 0 Å². The number of benzene rings is 1. The van der Waals surface area contributed by atoms with Gasteiger partial charge >= 0.3 is 5.97 Å². The standard InChI is InChI=1S/C15H21ClO4/c1-9(2)13-10(6-5-7-12(17)18)8-11(16)14(19-3)15(13)20-4/h8-9H,5-7H2,1-4H3,(H,17,18). The summed E-state index contributed by atoms with van der Waals surface area (Å²) in [5.74, 6) is 0.610. The van der Waals surface area contributed by atoms with E-state index in [0.29, 0.717) is 29.4 Å².